The lowest BCUT2D eigenvalue weighted by molar-refractivity contribution is -0.171. The van der Waals surface area contributed by atoms with E-state index in [0.717, 1.165) is 10.8 Å². The van der Waals surface area contributed by atoms with Gasteiger partial charge in [-0.1, -0.05) is 60.7 Å². The zero-order valence-electron chi connectivity index (χ0n) is 22.6. The molecular weight excluding hydrogens is 508 g/mol. The van der Waals surface area contributed by atoms with Gasteiger partial charge >= 0.3 is 5.97 Å². The smallest absolute Gasteiger partial charge is 0.342 e. The summed E-state index contributed by atoms with van der Waals surface area (Å²) in [6.07, 6.45) is 1.54. The lowest BCUT2D eigenvalue weighted by Gasteiger charge is -2.29. The molecule has 1 saturated heterocycles. The molecule has 3 aromatic carbocycles. The molecule has 2 bridgehead atoms. The molecule has 0 spiro atoms. The molecule has 2 N–H and O–H groups in total. The van der Waals surface area contributed by atoms with Crippen LogP contribution in [0.4, 0.5) is 5.69 Å². The fourth-order valence-electron chi connectivity index (χ4n) is 6.42. The summed E-state index contributed by atoms with van der Waals surface area (Å²) in [5.74, 6) is -0.730. The quantitative estimate of drug-likeness (QED) is 0.211. The maximum atomic E-state index is 13.2. The lowest BCUT2D eigenvalue weighted by atomic mass is 9.78. The number of carbonyl (C=O) groups excluding carboxylic acids is 1. The van der Waals surface area contributed by atoms with Gasteiger partial charge < -0.3 is 24.4 Å². The van der Waals surface area contributed by atoms with Crippen LogP contribution in [-0.2, 0) is 35.8 Å². The number of aromatic hydroxyl groups is 2. The lowest BCUT2D eigenvalue weighted by Crippen LogP contribution is -2.37. The molecule has 1 fully saturated rings. The normalized spacial score (nSPS) is 22.6. The van der Waals surface area contributed by atoms with Crippen molar-refractivity contribution < 1.29 is 29.2 Å². The number of hydrogen-bond acceptors (Lipinski definition) is 6. The molecule has 2 aliphatic heterocycles. The van der Waals surface area contributed by atoms with Gasteiger partial charge in [0.15, 0.2) is 11.3 Å². The van der Waals surface area contributed by atoms with Crippen LogP contribution in [0.25, 0.3) is 21.3 Å². The first kappa shape index (κ1) is 25.9. The van der Waals surface area contributed by atoms with E-state index in [2.05, 4.69) is 4.85 Å². The Balaban J connectivity index is 1.35. The van der Waals surface area contributed by atoms with E-state index in [4.69, 9.17) is 20.8 Å². The molecule has 4 aromatic rings. The Morgan fingerprint density at radius 1 is 1.02 bits per heavy atom. The molecule has 0 amide bonds. The Bertz CT molecular complexity index is 1690. The Labute approximate surface area is 232 Å². The molecule has 0 saturated carbocycles. The third kappa shape index (κ3) is 3.55. The number of methoxy groups -OCH3 is 1. The monoisotopic (exact) mass is 538 g/mol. The fraction of sp³-hybridized carbons (Fsp3) is 0.312. The first-order valence-electron chi connectivity index (χ1n) is 13.2. The van der Waals surface area contributed by atoms with Crippen LogP contribution in [0, 0.1) is 6.57 Å². The highest BCUT2D eigenvalue weighted by molar-refractivity contribution is 6.00. The molecule has 2 aliphatic rings. The largest absolute Gasteiger partial charge is 0.494 e. The van der Waals surface area contributed by atoms with Gasteiger partial charge in [-0.3, -0.25) is 4.57 Å². The predicted molar refractivity (Wildman–Crippen MR) is 149 cm³/mol. The van der Waals surface area contributed by atoms with Crippen LogP contribution in [0.3, 0.4) is 0 Å². The Morgan fingerprint density at radius 2 is 1.70 bits per heavy atom. The zero-order valence-corrected chi connectivity index (χ0v) is 22.6. The maximum absolute atomic E-state index is 13.2. The third-order valence-corrected chi connectivity index (χ3v) is 8.63. The zero-order chi connectivity index (χ0) is 28.3. The molecule has 0 aliphatic carbocycles. The number of carbonyl (C=O) groups is 1. The Morgan fingerprint density at radius 3 is 2.40 bits per heavy atom. The standard InChI is InChI=1S/C32H30N2O6/c1-30-16-17-32(40-30,18-19-39-29(37)31(2,38-4)20-10-6-5-7-11-20)26-25(30)27(35)34(28(26)36)24-15-14-23(33-3)21-12-8-9-13-22(21)24/h5-15,35-36H,16-19H2,1-2,4H3. The van der Waals surface area contributed by atoms with E-state index in [9.17, 15) is 15.0 Å². The van der Waals surface area contributed by atoms with Gasteiger partial charge in [0.2, 0.25) is 11.8 Å². The molecule has 3 heterocycles. The van der Waals surface area contributed by atoms with Crippen LogP contribution in [0.15, 0.2) is 66.7 Å². The van der Waals surface area contributed by atoms with Gasteiger partial charge in [-0.15, -0.1) is 0 Å². The van der Waals surface area contributed by atoms with Gasteiger partial charge in [-0.05, 0) is 49.1 Å². The summed E-state index contributed by atoms with van der Waals surface area (Å²) in [6.45, 7) is 11.1. The fourth-order valence-corrected chi connectivity index (χ4v) is 6.42. The van der Waals surface area contributed by atoms with Crippen LogP contribution < -0.4 is 0 Å². The van der Waals surface area contributed by atoms with Crippen LogP contribution in [0.1, 0.15) is 49.8 Å². The average Bonchev–Trinajstić information content (AvgIpc) is 3.56. The van der Waals surface area contributed by atoms with Crippen molar-refractivity contribution in [3.63, 3.8) is 0 Å². The first-order valence-corrected chi connectivity index (χ1v) is 13.2. The molecule has 0 radical (unpaired) electrons. The highest BCUT2D eigenvalue weighted by atomic mass is 16.6. The van der Waals surface area contributed by atoms with Crippen LogP contribution >= 0.6 is 0 Å². The number of benzene rings is 3. The molecule has 6 rings (SSSR count). The summed E-state index contributed by atoms with van der Waals surface area (Å²) < 4.78 is 19.3. The SMILES string of the molecule is [C-]#[N+]c1ccc(-n2c(O)c3c(c2O)C2(CCOC(=O)C(C)(OC)c4ccccc4)CCC3(C)O2)c2ccccc12. The van der Waals surface area contributed by atoms with Crippen molar-refractivity contribution in [3.8, 4) is 17.4 Å². The van der Waals surface area contributed by atoms with Crippen molar-refractivity contribution in [1.82, 2.24) is 4.57 Å². The highest BCUT2D eigenvalue weighted by Gasteiger charge is 2.61. The van der Waals surface area contributed by atoms with Crippen molar-refractivity contribution in [2.75, 3.05) is 13.7 Å². The Kier molecular flexibility index (Phi) is 5.91. The maximum Gasteiger partial charge on any atom is 0.342 e. The predicted octanol–water partition coefficient (Wildman–Crippen LogP) is 6.32. The van der Waals surface area contributed by atoms with E-state index in [1.54, 1.807) is 19.1 Å². The van der Waals surface area contributed by atoms with Crippen molar-refractivity contribution >= 4 is 22.4 Å². The third-order valence-electron chi connectivity index (χ3n) is 8.63. The highest BCUT2D eigenvalue weighted by Crippen LogP contribution is 2.65. The van der Waals surface area contributed by atoms with E-state index in [1.165, 1.54) is 11.7 Å². The van der Waals surface area contributed by atoms with Gasteiger partial charge in [0.05, 0.1) is 35.6 Å². The van der Waals surface area contributed by atoms with Gasteiger partial charge in [0, 0.05) is 13.5 Å². The summed E-state index contributed by atoms with van der Waals surface area (Å²) in [5.41, 5.74) is -0.195. The summed E-state index contributed by atoms with van der Waals surface area (Å²) in [5, 5.41) is 24.6. The molecule has 40 heavy (non-hydrogen) atoms. The van der Waals surface area contributed by atoms with E-state index in [1.807, 2.05) is 61.5 Å². The van der Waals surface area contributed by atoms with Crippen LogP contribution in [-0.4, -0.2) is 34.5 Å². The minimum atomic E-state index is -1.27. The van der Waals surface area contributed by atoms with Gasteiger partial charge in [0.25, 0.3) is 0 Å². The van der Waals surface area contributed by atoms with Crippen LogP contribution in [0.5, 0.6) is 11.8 Å². The van der Waals surface area contributed by atoms with Gasteiger partial charge in [-0.2, -0.15) is 0 Å². The molecule has 3 unspecified atom stereocenters. The van der Waals surface area contributed by atoms with Crippen molar-refractivity contribution in [2.45, 2.75) is 49.9 Å². The molecule has 8 nitrogen and oxygen atoms in total. The van der Waals surface area contributed by atoms with E-state index in [0.29, 0.717) is 47.3 Å². The van der Waals surface area contributed by atoms with Crippen molar-refractivity contribution in [1.29, 1.82) is 0 Å². The van der Waals surface area contributed by atoms with Crippen molar-refractivity contribution in [2.24, 2.45) is 0 Å². The molecule has 1 aromatic heterocycles. The van der Waals surface area contributed by atoms with E-state index >= 15 is 0 Å². The van der Waals surface area contributed by atoms with E-state index in [-0.39, 0.29) is 18.4 Å². The van der Waals surface area contributed by atoms with Gasteiger partial charge in [-0.25, -0.2) is 9.64 Å². The number of hydrogen-bond donors (Lipinski definition) is 2. The Hall–Kier alpha value is -4.32. The summed E-state index contributed by atoms with van der Waals surface area (Å²) >= 11 is 0. The summed E-state index contributed by atoms with van der Waals surface area (Å²) in [4.78, 5) is 16.8. The summed E-state index contributed by atoms with van der Waals surface area (Å²) in [7, 11) is 1.47. The van der Waals surface area contributed by atoms with Crippen molar-refractivity contribution in [3.05, 3.63) is 94.8 Å². The summed E-state index contributed by atoms with van der Waals surface area (Å²) in [6, 6.07) is 20.0. The van der Waals surface area contributed by atoms with Gasteiger partial charge in [0.1, 0.15) is 5.60 Å². The minimum absolute atomic E-state index is 0.0359. The second-order valence-corrected chi connectivity index (χ2v) is 10.8. The average molecular weight is 539 g/mol. The second-order valence-electron chi connectivity index (χ2n) is 10.8. The number of fused-ring (bicyclic) bond motifs is 6. The number of aromatic nitrogens is 1. The molecule has 3 atom stereocenters. The number of ether oxygens (including phenoxy) is 3. The minimum Gasteiger partial charge on any atom is -0.494 e. The molecule has 8 heteroatoms. The number of rotatable bonds is 7. The number of nitrogens with zero attached hydrogens (tertiary/aromatic N) is 2. The topological polar surface area (TPSA) is 94.5 Å². The van der Waals surface area contributed by atoms with E-state index < -0.39 is 22.8 Å². The molecule has 204 valence electrons. The first-order chi connectivity index (χ1) is 19.2. The van der Waals surface area contributed by atoms with Crippen LogP contribution in [0.2, 0.25) is 0 Å². The number of esters is 1. The second kappa shape index (κ2) is 9.12. The molecular formula is C32H30N2O6.